The number of benzene rings is 1. The molecule has 2 aromatic rings. The van der Waals surface area contributed by atoms with Crippen molar-refractivity contribution < 1.29 is 4.79 Å². The van der Waals surface area contributed by atoms with Crippen molar-refractivity contribution in [2.75, 3.05) is 11.9 Å². The molecule has 5 nitrogen and oxygen atoms in total. The first-order valence-electron chi connectivity index (χ1n) is 6.36. The highest BCUT2D eigenvalue weighted by atomic mass is 16.1. The van der Waals surface area contributed by atoms with E-state index >= 15 is 0 Å². The molecule has 0 atom stereocenters. The van der Waals surface area contributed by atoms with E-state index in [1.807, 2.05) is 12.1 Å². The number of hydrogen-bond donors (Lipinski definition) is 2. The fourth-order valence-corrected chi connectivity index (χ4v) is 1.70. The maximum atomic E-state index is 11.7. The quantitative estimate of drug-likeness (QED) is 0.824. The third-order valence-electron chi connectivity index (χ3n) is 2.73. The van der Waals surface area contributed by atoms with Gasteiger partial charge in [-0.3, -0.25) is 4.79 Å². The largest absolute Gasteiger partial charge is 0.353 e. The standard InChI is InChI=1S/C16H14N4O/c1-2-9-18-16(21)15-8-7-13(11-19-15)20-14-6-4-3-5-12(14)10-17/h2-8,11,20H,1,9H2,(H,18,21). The Kier molecular flexibility index (Phi) is 4.67. The molecule has 0 aliphatic heterocycles. The van der Waals surface area contributed by atoms with Crippen LogP contribution < -0.4 is 10.6 Å². The zero-order valence-electron chi connectivity index (χ0n) is 11.3. The van der Waals surface area contributed by atoms with Gasteiger partial charge in [-0.2, -0.15) is 5.26 Å². The van der Waals surface area contributed by atoms with Gasteiger partial charge in [-0.15, -0.1) is 6.58 Å². The molecule has 0 unspecified atom stereocenters. The summed E-state index contributed by atoms with van der Waals surface area (Å²) in [4.78, 5) is 15.8. The molecule has 21 heavy (non-hydrogen) atoms. The van der Waals surface area contributed by atoms with E-state index in [0.717, 1.165) is 0 Å². The van der Waals surface area contributed by atoms with Gasteiger partial charge in [0.25, 0.3) is 5.91 Å². The van der Waals surface area contributed by atoms with Gasteiger partial charge in [-0.05, 0) is 24.3 Å². The summed E-state index contributed by atoms with van der Waals surface area (Å²) in [5.41, 5.74) is 2.28. The fourth-order valence-electron chi connectivity index (χ4n) is 1.70. The summed E-state index contributed by atoms with van der Waals surface area (Å²) in [6.45, 7) is 3.93. The van der Waals surface area contributed by atoms with E-state index in [-0.39, 0.29) is 5.91 Å². The molecular formula is C16H14N4O. The SMILES string of the molecule is C=CCNC(=O)c1ccc(Nc2ccccc2C#N)cn1. The van der Waals surface area contributed by atoms with E-state index in [9.17, 15) is 4.79 Å². The number of carbonyl (C=O) groups excluding carboxylic acids is 1. The lowest BCUT2D eigenvalue weighted by molar-refractivity contribution is 0.0953. The number of nitrogens with one attached hydrogen (secondary N) is 2. The second kappa shape index (κ2) is 6.87. The lowest BCUT2D eigenvalue weighted by Gasteiger charge is -2.08. The Hall–Kier alpha value is -3.13. The molecule has 0 aliphatic rings. The van der Waals surface area contributed by atoms with Crippen molar-refractivity contribution in [1.29, 1.82) is 5.26 Å². The van der Waals surface area contributed by atoms with Crippen molar-refractivity contribution in [2.24, 2.45) is 0 Å². The van der Waals surface area contributed by atoms with Gasteiger partial charge in [0.1, 0.15) is 11.8 Å². The van der Waals surface area contributed by atoms with E-state index in [2.05, 4.69) is 28.3 Å². The molecule has 0 aliphatic carbocycles. The topological polar surface area (TPSA) is 77.8 Å². The van der Waals surface area contributed by atoms with Crippen LogP contribution in [0, 0.1) is 11.3 Å². The van der Waals surface area contributed by atoms with Crippen molar-refractivity contribution in [3.8, 4) is 6.07 Å². The van der Waals surface area contributed by atoms with Crippen LogP contribution in [0.2, 0.25) is 0 Å². The van der Waals surface area contributed by atoms with Crippen molar-refractivity contribution in [3.05, 3.63) is 66.5 Å². The number of nitrogens with zero attached hydrogens (tertiary/aromatic N) is 2. The van der Waals surface area contributed by atoms with Gasteiger partial charge in [0.2, 0.25) is 0 Å². The smallest absolute Gasteiger partial charge is 0.270 e. The lowest BCUT2D eigenvalue weighted by atomic mass is 10.2. The Morgan fingerprint density at radius 3 is 2.81 bits per heavy atom. The molecule has 0 bridgehead atoms. The maximum Gasteiger partial charge on any atom is 0.270 e. The highest BCUT2D eigenvalue weighted by Crippen LogP contribution is 2.19. The first kappa shape index (κ1) is 14.3. The lowest BCUT2D eigenvalue weighted by Crippen LogP contribution is -2.24. The highest BCUT2D eigenvalue weighted by molar-refractivity contribution is 5.92. The van der Waals surface area contributed by atoms with E-state index in [4.69, 9.17) is 5.26 Å². The van der Waals surface area contributed by atoms with Gasteiger partial charge in [0.15, 0.2) is 0 Å². The summed E-state index contributed by atoms with van der Waals surface area (Å²) in [6.07, 6.45) is 3.16. The highest BCUT2D eigenvalue weighted by Gasteiger charge is 2.06. The Morgan fingerprint density at radius 1 is 1.33 bits per heavy atom. The fraction of sp³-hybridized carbons (Fsp3) is 0.0625. The van der Waals surface area contributed by atoms with Crippen LogP contribution in [0.1, 0.15) is 16.1 Å². The Bertz CT molecular complexity index is 686. The molecule has 1 aromatic carbocycles. The molecule has 2 N–H and O–H groups in total. The summed E-state index contributed by atoms with van der Waals surface area (Å²) >= 11 is 0. The summed E-state index contributed by atoms with van der Waals surface area (Å²) in [7, 11) is 0. The first-order valence-corrected chi connectivity index (χ1v) is 6.36. The van der Waals surface area contributed by atoms with E-state index in [1.165, 1.54) is 0 Å². The van der Waals surface area contributed by atoms with Crippen LogP contribution in [0.5, 0.6) is 0 Å². The van der Waals surface area contributed by atoms with Gasteiger partial charge < -0.3 is 10.6 Å². The van der Waals surface area contributed by atoms with Crippen LogP contribution in [0.4, 0.5) is 11.4 Å². The predicted molar refractivity (Wildman–Crippen MR) is 81.2 cm³/mol. The number of pyridine rings is 1. The van der Waals surface area contributed by atoms with Crippen molar-refractivity contribution >= 4 is 17.3 Å². The molecule has 2 rings (SSSR count). The molecule has 5 heteroatoms. The minimum atomic E-state index is -0.251. The number of amides is 1. The second-order valence-electron chi connectivity index (χ2n) is 4.21. The molecule has 0 radical (unpaired) electrons. The van der Waals surface area contributed by atoms with Crippen molar-refractivity contribution in [2.45, 2.75) is 0 Å². The number of hydrogen-bond acceptors (Lipinski definition) is 4. The summed E-state index contributed by atoms with van der Waals surface area (Å²) in [5, 5.41) is 14.8. The Labute approximate surface area is 122 Å². The molecule has 0 fully saturated rings. The molecule has 0 saturated carbocycles. The molecule has 1 heterocycles. The molecule has 0 spiro atoms. The van der Waals surface area contributed by atoms with Crippen LogP contribution >= 0.6 is 0 Å². The number of anilines is 2. The van der Waals surface area contributed by atoms with Crippen LogP contribution in [0.15, 0.2) is 55.3 Å². The summed E-state index contributed by atoms with van der Waals surface area (Å²) in [6, 6.07) is 12.7. The van der Waals surface area contributed by atoms with Crippen LogP contribution in [0.25, 0.3) is 0 Å². The molecule has 1 amide bonds. The van der Waals surface area contributed by atoms with E-state index < -0.39 is 0 Å². The minimum absolute atomic E-state index is 0.251. The normalized spacial score (nSPS) is 9.48. The molecule has 0 saturated heterocycles. The van der Waals surface area contributed by atoms with Crippen LogP contribution in [0.3, 0.4) is 0 Å². The summed E-state index contributed by atoms with van der Waals surface area (Å²) < 4.78 is 0. The van der Waals surface area contributed by atoms with E-state index in [1.54, 1.807) is 36.5 Å². The monoisotopic (exact) mass is 278 g/mol. The average Bonchev–Trinajstić information content (AvgIpc) is 2.54. The maximum absolute atomic E-state index is 11.7. The molecule has 104 valence electrons. The molecular weight excluding hydrogens is 264 g/mol. The number of rotatable bonds is 5. The van der Waals surface area contributed by atoms with Gasteiger partial charge in [0, 0.05) is 6.54 Å². The third kappa shape index (κ3) is 3.67. The van der Waals surface area contributed by atoms with Crippen LogP contribution in [-0.2, 0) is 0 Å². The van der Waals surface area contributed by atoms with Gasteiger partial charge in [-0.1, -0.05) is 18.2 Å². The number of nitriles is 1. The zero-order chi connectivity index (χ0) is 15.1. The van der Waals surface area contributed by atoms with Crippen molar-refractivity contribution in [3.63, 3.8) is 0 Å². The first-order chi connectivity index (χ1) is 10.2. The predicted octanol–water partition coefficient (Wildman–Crippen LogP) is 2.61. The second-order valence-corrected chi connectivity index (χ2v) is 4.21. The van der Waals surface area contributed by atoms with Crippen LogP contribution in [-0.4, -0.2) is 17.4 Å². The third-order valence-corrected chi connectivity index (χ3v) is 2.73. The minimum Gasteiger partial charge on any atom is -0.353 e. The number of carbonyl (C=O) groups is 1. The Balaban J connectivity index is 2.11. The molecule has 1 aromatic heterocycles. The van der Waals surface area contributed by atoms with Gasteiger partial charge >= 0.3 is 0 Å². The Morgan fingerprint density at radius 2 is 2.14 bits per heavy atom. The number of aromatic nitrogens is 1. The summed E-state index contributed by atoms with van der Waals surface area (Å²) in [5.74, 6) is -0.251. The zero-order valence-corrected chi connectivity index (χ0v) is 11.3. The van der Waals surface area contributed by atoms with Crippen molar-refractivity contribution in [1.82, 2.24) is 10.3 Å². The number of para-hydroxylation sites is 1. The van der Waals surface area contributed by atoms with Gasteiger partial charge in [-0.25, -0.2) is 4.98 Å². The average molecular weight is 278 g/mol. The van der Waals surface area contributed by atoms with Gasteiger partial charge in [0.05, 0.1) is 23.1 Å². The van der Waals surface area contributed by atoms with E-state index in [0.29, 0.717) is 29.2 Å².